The molecule has 0 aliphatic heterocycles. The molecule has 4 aromatic rings. The molecule has 0 nitrogen and oxygen atoms in total. The maximum absolute atomic E-state index is 2.30. The SMILES string of the molecule is CC(C)c1cccc(-c2ccc(-c3ccc4ccccc4c3)cc2)c1. The smallest absolute Gasteiger partial charge is 0.0178 e. The van der Waals surface area contributed by atoms with E-state index in [0.29, 0.717) is 5.92 Å². The molecule has 0 heteroatoms. The van der Waals surface area contributed by atoms with Crippen molar-refractivity contribution < 1.29 is 0 Å². The van der Waals surface area contributed by atoms with E-state index in [-0.39, 0.29) is 0 Å². The topological polar surface area (TPSA) is 0 Å². The van der Waals surface area contributed by atoms with Crippen molar-refractivity contribution in [3.05, 3.63) is 96.6 Å². The Morgan fingerprint density at radius 1 is 0.480 bits per heavy atom. The van der Waals surface area contributed by atoms with Gasteiger partial charge in [0.1, 0.15) is 0 Å². The summed E-state index contributed by atoms with van der Waals surface area (Å²) in [5, 5.41) is 2.57. The molecule has 0 N–H and O–H groups in total. The summed E-state index contributed by atoms with van der Waals surface area (Å²) < 4.78 is 0. The van der Waals surface area contributed by atoms with Gasteiger partial charge in [0.2, 0.25) is 0 Å². The van der Waals surface area contributed by atoms with Crippen molar-refractivity contribution in [2.75, 3.05) is 0 Å². The second-order valence-corrected chi connectivity index (χ2v) is 6.92. The Morgan fingerprint density at radius 3 is 1.76 bits per heavy atom. The van der Waals surface area contributed by atoms with E-state index in [2.05, 4.69) is 105 Å². The third-order valence-corrected chi connectivity index (χ3v) is 4.85. The minimum atomic E-state index is 0.553. The quantitative estimate of drug-likeness (QED) is 0.371. The van der Waals surface area contributed by atoms with Crippen molar-refractivity contribution in [2.45, 2.75) is 19.8 Å². The predicted octanol–water partition coefficient (Wildman–Crippen LogP) is 7.30. The highest BCUT2D eigenvalue weighted by atomic mass is 14.1. The first-order valence-corrected chi connectivity index (χ1v) is 8.90. The fourth-order valence-electron chi connectivity index (χ4n) is 3.30. The van der Waals surface area contributed by atoms with Crippen LogP contribution in [0.4, 0.5) is 0 Å². The van der Waals surface area contributed by atoms with Crippen molar-refractivity contribution >= 4 is 10.8 Å². The van der Waals surface area contributed by atoms with Gasteiger partial charge in [-0.1, -0.05) is 98.8 Å². The summed E-state index contributed by atoms with van der Waals surface area (Å²) in [7, 11) is 0. The Labute approximate surface area is 149 Å². The van der Waals surface area contributed by atoms with E-state index in [1.165, 1.54) is 38.6 Å². The summed E-state index contributed by atoms with van der Waals surface area (Å²) in [6.07, 6.45) is 0. The molecule has 0 amide bonds. The van der Waals surface area contributed by atoms with Crippen molar-refractivity contribution in [3.63, 3.8) is 0 Å². The second-order valence-electron chi connectivity index (χ2n) is 6.92. The summed E-state index contributed by atoms with van der Waals surface area (Å²) in [6, 6.07) is 32.9. The first kappa shape index (κ1) is 15.7. The zero-order chi connectivity index (χ0) is 17.2. The summed E-state index contributed by atoms with van der Waals surface area (Å²) in [5.74, 6) is 0.553. The summed E-state index contributed by atoms with van der Waals surface area (Å²) >= 11 is 0. The van der Waals surface area contributed by atoms with Crippen LogP contribution in [0.1, 0.15) is 25.3 Å². The summed E-state index contributed by atoms with van der Waals surface area (Å²) in [6.45, 7) is 4.48. The van der Waals surface area contributed by atoms with Crippen LogP contribution in [0.2, 0.25) is 0 Å². The minimum absolute atomic E-state index is 0.553. The highest BCUT2D eigenvalue weighted by Crippen LogP contribution is 2.28. The van der Waals surface area contributed by atoms with E-state index in [9.17, 15) is 0 Å². The van der Waals surface area contributed by atoms with Crippen LogP contribution in [0.25, 0.3) is 33.0 Å². The molecule has 0 saturated heterocycles. The Morgan fingerprint density at radius 2 is 1.08 bits per heavy atom. The van der Waals surface area contributed by atoms with Crippen LogP contribution in [0.5, 0.6) is 0 Å². The van der Waals surface area contributed by atoms with Crippen LogP contribution in [0.15, 0.2) is 91.0 Å². The maximum atomic E-state index is 2.30. The monoisotopic (exact) mass is 322 g/mol. The van der Waals surface area contributed by atoms with Gasteiger partial charge in [0.05, 0.1) is 0 Å². The zero-order valence-electron chi connectivity index (χ0n) is 14.7. The van der Waals surface area contributed by atoms with Gasteiger partial charge in [-0.15, -0.1) is 0 Å². The molecule has 0 spiro atoms. The molecule has 0 atom stereocenters. The van der Waals surface area contributed by atoms with Gasteiger partial charge >= 0.3 is 0 Å². The predicted molar refractivity (Wildman–Crippen MR) is 109 cm³/mol. The molecule has 4 aromatic carbocycles. The fourth-order valence-corrected chi connectivity index (χ4v) is 3.30. The van der Waals surface area contributed by atoms with Gasteiger partial charge in [-0.25, -0.2) is 0 Å². The average molecular weight is 322 g/mol. The zero-order valence-corrected chi connectivity index (χ0v) is 14.7. The van der Waals surface area contributed by atoms with Gasteiger partial charge in [0, 0.05) is 0 Å². The van der Waals surface area contributed by atoms with E-state index < -0.39 is 0 Å². The molecule has 0 radical (unpaired) electrons. The molecule has 4 rings (SSSR count). The normalized spacial score (nSPS) is 11.2. The minimum Gasteiger partial charge on any atom is -0.0616 e. The van der Waals surface area contributed by atoms with E-state index in [1.807, 2.05) is 0 Å². The first-order chi connectivity index (χ1) is 12.2. The lowest BCUT2D eigenvalue weighted by molar-refractivity contribution is 0.867. The molecule has 0 aliphatic carbocycles. The highest BCUT2D eigenvalue weighted by Gasteiger charge is 2.04. The lowest BCUT2D eigenvalue weighted by Crippen LogP contribution is -1.88. The van der Waals surface area contributed by atoms with Crippen LogP contribution in [-0.4, -0.2) is 0 Å². The molecular formula is C25H22. The Balaban J connectivity index is 1.68. The molecule has 0 aromatic heterocycles. The van der Waals surface area contributed by atoms with Crippen LogP contribution in [0.3, 0.4) is 0 Å². The molecular weight excluding hydrogens is 300 g/mol. The van der Waals surface area contributed by atoms with Gasteiger partial charge < -0.3 is 0 Å². The van der Waals surface area contributed by atoms with Crippen LogP contribution in [-0.2, 0) is 0 Å². The average Bonchev–Trinajstić information content (AvgIpc) is 2.68. The van der Waals surface area contributed by atoms with Gasteiger partial charge in [0.25, 0.3) is 0 Å². The molecule has 0 aliphatic rings. The standard InChI is InChI=1S/C25H22/c1-18(2)22-8-5-9-24(16-22)20-10-12-21(13-11-20)25-15-14-19-6-3-4-7-23(19)17-25/h3-18H,1-2H3. The summed E-state index contributed by atoms with van der Waals surface area (Å²) in [4.78, 5) is 0. The number of fused-ring (bicyclic) bond motifs is 1. The fraction of sp³-hybridized carbons (Fsp3) is 0.120. The Hall–Kier alpha value is -2.86. The third-order valence-electron chi connectivity index (χ3n) is 4.85. The molecule has 0 bridgehead atoms. The van der Waals surface area contributed by atoms with Crippen molar-refractivity contribution in [1.29, 1.82) is 0 Å². The Bertz CT molecular complexity index is 1010. The van der Waals surface area contributed by atoms with Gasteiger partial charge in [0.15, 0.2) is 0 Å². The maximum Gasteiger partial charge on any atom is -0.0178 e. The molecule has 0 fully saturated rings. The van der Waals surface area contributed by atoms with Gasteiger partial charge in [-0.3, -0.25) is 0 Å². The molecule has 25 heavy (non-hydrogen) atoms. The Kier molecular flexibility index (Phi) is 4.11. The molecule has 0 saturated carbocycles. The van der Waals surface area contributed by atoms with Crippen LogP contribution in [0, 0.1) is 0 Å². The van der Waals surface area contributed by atoms with Crippen molar-refractivity contribution in [3.8, 4) is 22.3 Å². The van der Waals surface area contributed by atoms with Crippen molar-refractivity contribution in [1.82, 2.24) is 0 Å². The number of hydrogen-bond donors (Lipinski definition) is 0. The van der Waals surface area contributed by atoms with Crippen LogP contribution >= 0.6 is 0 Å². The number of hydrogen-bond acceptors (Lipinski definition) is 0. The van der Waals surface area contributed by atoms with Gasteiger partial charge in [-0.2, -0.15) is 0 Å². The molecule has 0 unspecified atom stereocenters. The third kappa shape index (κ3) is 3.21. The van der Waals surface area contributed by atoms with Gasteiger partial charge in [-0.05, 0) is 50.6 Å². The molecule has 122 valence electrons. The molecule has 0 heterocycles. The van der Waals surface area contributed by atoms with Crippen molar-refractivity contribution in [2.24, 2.45) is 0 Å². The summed E-state index contributed by atoms with van der Waals surface area (Å²) in [5.41, 5.74) is 6.47. The largest absolute Gasteiger partial charge is 0.0616 e. The number of rotatable bonds is 3. The lowest BCUT2D eigenvalue weighted by atomic mass is 9.95. The second kappa shape index (κ2) is 6.57. The highest BCUT2D eigenvalue weighted by molar-refractivity contribution is 5.87. The number of benzene rings is 4. The van der Waals surface area contributed by atoms with E-state index in [1.54, 1.807) is 0 Å². The van der Waals surface area contributed by atoms with E-state index in [4.69, 9.17) is 0 Å². The van der Waals surface area contributed by atoms with Crippen LogP contribution < -0.4 is 0 Å². The lowest BCUT2D eigenvalue weighted by Gasteiger charge is -2.09. The van der Waals surface area contributed by atoms with E-state index >= 15 is 0 Å². The van der Waals surface area contributed by atoms with E-state index in [0.717, 1.165) is 0 Å². The first-order valence-electron chi connectivity index (χ1n) is 8.90.